The van der Waals surface area contributed by atoms with Gasteiger partial charge < -0.3 is 10.1 Å². The van der Waals surface area contributed by atoms with Gasteiger partial charge in [-0.15, -0.1) is 0 Å². The van der Waals surface area contributed by atoms with Crippen LogP contribution in [-0.2, 0) is 14.3 Å². The average molecular weight is 282 g/mol. The first kappa shape index (κ1) is 14.8. The van der Waals surface area contributed by atoms with Gasteiger partial charge in [0.25, 0.3) is 5.91 Å². The van der Waals surface area contributed by atoms with Gasteiger partial charge in [0.2, 0.25) is 0 Å². The number of carbonyl (C=O) groups excluding carboxylic acids is 3. The number of urea groups is 1. The molecule has 0 unspecified atom stereocenters. The molecule has 2 rings (SSSR count). The molecule has 0 aromatic carbocycles. The number of amides is 3. The molecule has 6 heteroatoms. The van der Waals surface area contributed by atoms with Crippen LogP contribution in [0.25, 0.3) is 0 Å². The highest BCUT2D eigenvalue weighted by atomic mass is 16.6. The fourth-order valence-corrected chi connectivity index (χ4v) is 2.82. The van der Waals surface area contributed by atoms with Crippen molar-refractivity contribution < 1.29 is 19.1 Å². The van der Waals surface area contributed by atoms with Crippen molar-refractivity contribution in [3.05, 3.63) is 0 Å². The van der Waals surface area contributed by atoms with Crippen LogP contribution in [0.5, 0.6) is 0 Å². The lowest BCUT2D eigenvalue weighted by Crippen LogP contribution is -2.48. The third-order valence-electron chi connectivity index (χ3n) is 3.66. The molecule has 0 radical (unpaired) electrons. The minimum atomic E-state index is -0.780. The van der Waals surface area contributed by atoms with Crippen LogP contribution >= 0.6 is 0 Å². The average Bonchev–Trinajstić information content (AvgIpc) is 2.53. The number of hydrogen-bond donors (Lipinski definition) is 1. The van der Waals surface area contributed by atoms with E-state index in [1.54, 1.807) is 20.8 Å². The summed E-state index contributed by atoms with van der Waals surface area (Å²) in [7, 11) is 0. The summed E-state index contributed by atoms with van der Waals surface area (Å²) in [5.41, 5.74) is -1.41. The Hall–Kier alpha value is -1.59. The molecule has 1 heterocycles. The van der Waals surface area contributed by atoms with Crippen LogP contribution in [-0.4, -0.2) is 40.5 Å². The highest BCUT2D eigenvalue weighted by Crippen LogP contribution is 2.33. The molecule has 1 saturated carbocycles. The van der Waals surface area contributed by atoms with Gasteiger partial charge in [-0.1, -0.05) is 19.3 Å². The molecule has 1 N–H and O–H groups in total. The highest BCUT2D eigenvalue weighted by molar-refractivity contribution is 6.08. The third-order valence-corrected chi connectivity index (χ3v) is 3.66. The minimum absolute atomic E-state index is 0.284. The van der Waals surface area contributed by atoms with Crippen LogP contribution in [0, 0.1) is 0 Å². The maximum Gasteiger partial charge on any atom is 0.326 e. The van der Waals surface area contributed by atoms with E-state index in [4.69, 9.17) is 4.74 Å². The molecule has 0 aromatic rings. The molecular formula is C14H22N2O4. The zero-order chi connectivity index (χ0) is 15.0. The van der Waals surface area contributed by atoms with Crippen molar-refractivity contribution in [2.24, 2.45) is 0 Å². The van der Waals surface area contributed by atoms with Gasteiger partial charge >= 0.3 is 12.0 Å². The van der Waals surface area contributed by atoms with Crippen molar-refractivity contribution in [2.75, 3.05) is 6.54 Å². The molecule has 1 aliphatic carbocycles. The number of nitrogens with zero attached hydrogens (tertiary/aromatic N) is 1. The second-order valence-electron chi connectivity index (χ2n) is 6.55. The second-order valence-corrected chi connectivity index (χ2v) is 6.55. The Balaban J connectivity index is 2.04. The lowest BCUT2D eigenvalue weighted by molar-refractivity contribution is -0.157. The van der Waals surface area contributed by atoms with Crippen molar-refractivity contribution in [1.29, 1.82) is 0 Å². The van der Waals surface area contributed by atoms with E-state index in [1.807, 2.05) is 0 Å². The molecule has 3 amide bonds. The maximum atomic E-state index is 12.4. The van der Waals surface area contributed by atoms with Crippen molar-refractivity contribution >= 4 is 17.9 Å². The molecule has 20 heavy (non-hydrogen) atoms. The Kier molecular flexibility index (Phi) is 3.75. The zero-order valence-corrected chi connectivity index (χ0v) is 12.3. The van der Waals surface area contributed by atoms with Crippen LogP contribution in [0.4, 0.5) is 4.79 Å². The van der Waals surface area contributed by atoms with Crippen molar-refractivity contribution in [3.63, 3.8) is 0 Å². The SMILES string of the molecule is CC(C)(C)OC(=O)CN1C(=O)NC2(CCCCC2)C1=O. The first-order valence-corrected chi connectivity index (χ1v) is 7.09. The molecule has 2 fully saturated rings. The highest BCUT2D eigenvalue weighted by Gasteiger charge is 2.51. The number of carbonyl (C=O) groups is 3. The molecule has 1 aliphatic heterocycles. The standard InChI is InChI=1S/C14H22N2O4/c1-13(2,3)20-10(17)9-16-11(18)14(15-12(16)19)7-5-4-6-8-14/h4-9H2,1-3H3,(H,15,19). The van der Waals surface area contributed by atoms with Gasteiger partial charge in [0, 0.05) is 0 Å². The number of nitrogens with one attached hydrogen (secondary N) is 1. The molecule has 0 bridgehead atoms. The van der Waals surface area contributed by atoms with E-state index >= 15 is 0 Å². The van der Waals surface area contributed by atoms with E-state index in [2.05, 4.69) is 5.32 Å². The van der Waals surface area contributed by atoms with E-state index in [1.165, 1.54) is 0 Å². The van der Waals surface area contributed by atoms with Gasteiger partial charge in [-0.05, 0) is 33.6 Å². The fourth-order valence-electron chi connectivity index (χ4n) is 2.82. The zero-order valence-electron chi connectivity index (χ0n) is 12.3. The Bertz CT molecular complexity index is 433. The molecule has 2 aliphatic rings. The van der Waals surface area contributed by atoms with E-state index in [9.17, 15) is 14.4 Å². The summed E-state index contributed by atoms with van der Waals surface area (Å²) < 4.78 is 5.16. The Morgan fingerprint density at radius 1 is 1.25 bits per heavy atom. The largest absolute Gasteiger partial charge is 0.459 e. The first-order chi connectivity index (χ1) is 9.23. The topological polar surface area (TPSA) is 75.7 Å². The Labute approximate surface area is 118 Å². The van der Waals surface area contributed by atoms with Crippen LogP contribution in [0.2, 0.25) is 0 Å². The van der Waals surface area contributed by atoms with Crippen LogP contribution < -0.4 is 5.32 Å². The fraction of sp³-hybridized carbons (Fsp3) is 0.786. The molecule has 1 spiro atoms. The summed E-state index contributed by atoms with van der Waals surface area (Å²) in [4.78, 5) is 37.1. The Morgan fingerprint density at radius 3 is 2.40 bits per heavy atom. The Morgan fingerprint density at radius 2 is 1.85 bits per heavy atom. The number of imide groups is 1. The normalized spacial score (nSPS) is 22.1. The quantitative estimate of drug-likeness (QED) is 0.616. The van der Waals surface area contributed by atoms with Gasteiger partial charge in [0.05, 0.1) is 0 Å². The molecule has 0 aromatic heterocycles. The minimum Gasteiger partial charge on any atom is -0.459 e. The van der Waals surface area contributed by atoms with E-state index < -0.39 is 23.1 Å². The first-order valence-electron chi connectivity index (χ1n) is 7.09. The van der Waals surface area contributed by atoms with Crippen LogP contribution in [0.1, 0.15) is 52.9 Å². The molecule has 1 saturated heterocycles. The summed E-state index contributed by atoms with van der Waals surface area (Å²) in [5, 5.41) is 2.77. The molecule has 112 valence electrons. The van der Waals surface area contributed by atoms with Gasteiger partial charge in [-0.2, -0.15) is 0 Å². The van der Waals surface area contributed by atoms with E-state index in [-0.39, 0.29) is 12.5 Å². The van der Waals surface area contributed by atoms with Gasteiger partial charge in [0.1, 0.15) is 17.7 Å². The van der Waals surface area contributed by atoms with Crippen LogP contribution in [0.15, 0.2) is 0 Å². The smallest absolute Gasteiger partial charge is 0.326 e. The summed E-state index contributed by atoms with van der Waals surface area (Å²) in [5.74, 6) is -0.845. The monoisotopic (exact) mass is 282 g/mol. The summed E-state index contributed by atoms with van der Waals surface area (Å²) >= 11 is 0. The number of rotatable bonds is 2. The van der Waals surface area contributed by atoms with Gasteiger partial charge in [-0.3, -0.25) is 14.5 Å². The van der Waals surface area contributed by atoms with E-state index in [0.717, 1.165) is 24.2 Å². The summed E-state index contributed by atoms with van der Waals surface area (Å²) in [6.45, 7) is 4.93. The van der Waals surface area contributed by atoms with Gasteiger partial charge in [-0.25, -0.2) is 4.79 Å². The number of esters is 1. The number of ether oxygens (including phenoxy) is 1. The number of hydrogen-bond acceptors (Lipinski definition) is 4. The predicted octanol–water partition coefficient (Wildman–Crippen LogP) is 1.58. The summed E-state index contributed by atoms with van der Waals surface area (Å²) in [6, 6.07) is -0.484. The third kappa shape index (κ3) is 2.94. The van der Waals surface area contributed by atoms with Crippen molar-refractivity contribution in [2.45, 2.75) is 64.0 Å². The van der Waals surface area contributed by atoms with E-state index in [0.29, 0.717) is 12.8 Å². The predicted molar refractivity (Wildman–Crippen MR) is 71.9 cm³/mol. The molecule has 6 nitrogen and oxygen atoms in total. The molecule has 0 atom stereocenters. The maximum absolute atomic E-state index is 12.4. The van der Waals surface area contributed by atoms with Gasteiger partial charge in [0.15, 0.2) is 0 Å². The van der Waals surface area contributed by atoms with Crippen LogP contribution in [0.3, 0.4) is 0 Å². The second kappa shape index (κ2) is 5.07. The van der Waals surface area contributed by atoms with Crippen molar-refractivity contribution in [1.82, 2.24) is 10.2 Å². The summed E-state index contributed by atoms with van der Waals surface area (Å²) in [6.07, 6.45) is 4.24. The molecular weight excluding hydrogens is 260 g/mol. The van der Waals surface area contributed by atoms with Crippen molar-refractivity contribution in [3.8, 4) is 0 Å². The lowest BCUT2D eigenvalue weighted by atomic mass is 9.82. The lowest BCUT2D eigenvalue weighted by Gasteiger charge is -2.30.